The third-order valence-corrected chi connectivity index (χ3v) is 4.77. The lowest BCUT2D eigenvalue weighted by atomic mass is 10.2. The van der Waals surface area contributed by atoms with Crippen molar-refractivity contribution in [2.45, 2.75) is 10.2 Å². The highest BCUT2D eigenvalue weighted by Gasteiger charge is 2.30. The van der Waals surface area contributed by atoms with E-state index in [1.165, 1.54) is 46.8 Å². The average molecular weight is 342 g/mol. The molecule has 1 aromatic heterocycles. The van der Waals surface area contributed by atoms with Crippen LogP contribution in [0.15, 0.2) is 34.6 Å². The van der Waals surface area contributed by atoms with E-state index in [1.807, 2.05) is 6.26 Å². The van der Waals surface area contributed by atoms with Crippen LogP contribution < -0.4 is 4.90 Å². The third-order valence-electron chi connectivity index (χ3n) is 2.93. The Morgan fingerprint density at radius 2 is 2.29 bits per heavy atom. The van der Waals surface area contributed by atoms with Gasteiger partial charge in [0.2, 0.25) is 0 Å². The molecule has 0 unspecified atom stereocenters. The number of hydrogen-bond acceptors (Lipinski definition) is 5. The zero-order chi connectivity index (χ0) is 15.0. The smallest absolute Gasteiger partial charge is 0.263 e. The number of rotatable bonds is 2. The van der Waals surface area contributed by atoms with Crippen molar-refractivity contribution in [2.24, 2.45) is 0 Å². The van der Waals surface area contributed by atoms with Crippen molar-refractivity contribution < 1.29 is 9.18 Å². The first-order chi connectivity index (χ1) is 10.1. The molecular weight excluding hydrogens is 333 g/mol. The van der Waals surface area contributed by atoms with Gasteiger partial charge in [0, 0.05) is 6.20 Å². The Morgan fingerprint density at radius 3 is 3.00 bits per heavy atom. The predicted octanol–water partition coefficient (Wildman–Crippen LogP) is 3.70. The molecule has 21 heavy (non-hydrogen) atoms. The highest BCUT2D eigenvalue weighted by atomic mass is 35.5. The molecule has 3 rings (SSSR count). The first-order valence-electron chi connectivity index (χ1n) is 5.91. The molecule has 1 aromatic carbocycles. The van der Waals surface area contributed by atoms with E-state index in [2.05, 4.69) is 9.97 Å². The van der Waals surface area contributed by atoms with Gasteiger partial charge in [-0.1, -0.05) is 41.2 Å². The molecule has 0 saturated heterocycles. The number of benzene rings is 1. The highest BCUT2D eigenvalue weighted by Crippen LogP contribution is 2.36. The first kappa shape index (κ1) is 14.6. The fourth-order valence-corrected chi connectivity index (χ4v) is 3.56. The maximum atomic E-state index is 14.0. The fourth-order valence-electron chi connectivity index (χ4n) is 1.95. The van der Waals surface area contributed by atoms with Gasteiger partial charge in [0.15, 0.2) is 5.16 Å². The van der Waals surface area contributed by atoms with Crippen LogP contribution in [0.3, 0.4) is 0 Å². The Kier molecular flexibility index (Phi) is 4.05. The van der Waals surface area contributed by atoms with Gasteiger partial charge in [0.05, 0.1) is 22.2 Å². The molecule has 0 saturated carbocycles. The van der Waals surface area contributed by atoms with Crippen LogP contribution in [0.1, 0.15) is 10.4 Å². The number of carbonyl (C=O) groups is 1. The van der Waals surface area contributed by atoms with Crippen molar-refractivity contribution in [3.8, 4) is 0 Å². The number of para-hydroxylation sites is 1. The molecule has 0 radical (unpaired) electrons. The van der Waals surface area contributed by atoms with Crippen LogP contribution in [0.25, 0.3) is 0 Å². The second-order valence-corrected chi connectivity index (χ2v) is 6.27. The maximum absolute atomic E-state index is 14.0. The largest absolute Gasteiger partial charge is 0.294 e. The number of halogens is 2. The van der Waals surface area contributed by atoms with Crippen LogP contribution in [0.4, 0.5) is 10.1 Å². The van der Waals surface area contributed by atoms with E-state index < -0.39 is 5.82 Å². The van der Waals surface area contributed by atoms with Crippen LogP contribution in [0.5, 0.6) is 0 Å². The third kappa shape index (κ3) is 2.61. The van der Waals surface area contributed by atoms with Gasteiger partial charge in [-0.15, -0.1) is 0 Å². The summed E-state index contributed by atoms with van der Waals surface area (Å²) < 4.78 is 14.0. The topological polar surface area (TPSA) is 46.1 Å². The molecule has 1 aliphatic heterocycles. The van der Waals surface area contributed by atoms with Gasteiger partial charge in [-0.25, -0.2) is 14.4 Å². The highest BCUT2D eigenvalue weighted by molar-refractivity contribution is 7.99. The molecule has 2 aromatic rings. The average Bonchev–Trinajstić information content (AvgIpc) is 2.49. The van der Waals surface area contributed by atoms with Gasteiger partial charge in [0.1, 0.15) is 10.8 Å². The maximum Gasteiger partial charge on any atom is 0.263 e. The molecule has 0 atom stereocenters. The Morgan fingerprint density at radius 1 is 1.48 bits per heavy atom. The van der Waals surface area contributed by atoms with Gasteiger partial charge >= 0.3 is 0 Å². The molecule has 8 heteroatoms. The van der Waals surface area contributed by atoms with E-state index in [0.717, 1.165) is 0 Å². The minimum Gasteiger partial charge on any atom is -0.294 e. The van der Waals surface area contributed by atoms with E-state index in [4.69, 9.17) is 11.6 Å². The molecule has 2 heterocycles. The number of nitrogens with zero attached hydrogens (tertiary/aromatic N) is 3. The minimum atomic E-state index is -0.526. The Labute approximate surface area is 134 Å². The van der Waals surface area contributed by atoms with Crippen molar-refractivity contribution in [3.63, 3.8) is 0 Å². The molecule has 0 spiro atoms. The summed E-state index contributed by atoms with van der Waals surface area (Å²) in [5.74, 6) is -0.609. The van der Waals surface area contributed by atoms with Crippen LogP contribution >= 0.6 is 35.1 Å². The monoisotopic (exact) mass is 341 g/mol. The zero-order valence-corrected chi connectivity index (χ0v) is 13.2. The van der Waals surface area contributed by atoms with E-state index >= 15 is 0 Å². The quantitative estimate of drug-likeness (QED) is 0.473. The summed E-state index contributed by atoms with van der Waals surface area (Å²) in [5.41, 5.74) is 0.458. The summed E-state index contributed by atoms with van der Waals surface area (Å²) in [4.78, 5) is 22.2. The molecule has 108 valence electrons. The molecular formula is C13H9ClFN3OS2. The van der Waals surface area contributed by atoms with E-state index in [1.54, 1.807) is 6.07 Å². The Balaban J connectivity index is 2.03. The molecule has 0 N–H and O–H groups in total. The van der Waals surface area contributed by atoms with Crippen LogP contribution in [0, 0.1) is 5.82 Å². The van der Waals surface area contributed by atoms with E-state index in [-0.39, 0.29) is 22.5 Å². The SMILES string of the molecule is CSc1ncc2c(n1)SCN(c1c(F)cccc1Cl)C2=O. The standard InChI is InChI=1S/C13H9ClFN3OS2/c1-20-13-16-5-7-11(17-13)21-6-18(12(7)19)10-8(14)3-2-4-9(10)15/h2-5H,6H2,1H3. The summed E-state index contributed by atoms with van der Waals surface area (Å²) in [6.45, 7) is 0. The van der Waals surface area contributed by atoms with Gasteiger partial charge in [-0.05, 0) is 18.4 Å². The normalized spacial score (nSPS) is 14.2. The summed E-state index contributed by atoms with van der Waals surface area (Å²) in [6, 6.07) is 4.34. The van der Waals surface area contributed by atoms with Gasteiger partial charge in [-0.3, -0.25) is 9.69 Å². The number of carbonyl (C=O) groups excluding carboxylic acids is 1. The van der Waals surface area contributed by atoms with Gasteiger partial charge in [-0.2, -0.15) is 0 Å². The van der Waals surface area contributed by atoms with Crippen LogP contribution in [-0.4, -0.2) is 28.0 Å². The molecule has 0 aliphatic carbocycles. The van der Waals surface area contributed by atoms with Gasteiger partial charge in [0.25, 0.3) is 5.91 Å². The molecule has 4 nitrogen and oxygen atoms in total. The second-order valence-electron chi connectivity index (χ2n) is 4.15. The zero-order valence-electron chi connectivity index (χ0n) is 10.8. The van der Waals surface area contributed by atoms with Crippen molar-refractivity contribution >= 4 is 46.7 Å². The summed E-state index contributed by atoms with van der Waals surface area (Å²) >= 11 is 8.79. The van der Waals surface area contributed by atoms with Crippen molar-refractivity contribution in [1.29, 1.82) is 0 Å². The molecule has 1 aliphatic rings. The number of amides is 1. The number of fused-ring (bicyclic) bond motifs is 1. The molecule has 0 fully saturated rings. The number of hydrogen-bond donors (Lipinski definition) is 0. The summed E-state index contributed by atoms with van der Waals surface area (Å²) in [7, 11) is 0. The second kappa shape index (κ2) is 5.82. The first-order valence-corrected chi connectivity index (χ1v) is 8.50. The summed E-state index contributed by atoms with van der Waals surface area (Å²) in [6.07, 6.45) is 3.34. The minimum absolute atomic E-state index is 0.0938. The van der Waals surface area contributed by atoms with E-state index in [9.17, 15) is 9.18 Å². The molecule has 1 amide bonds. The fraction of sp³-hybridized carbons (Fsp3) is 0.154. The lowest BCUT2D eigenvalue weighted by Crippen LogP contribution is -2.35. The Bertz CT molecular complexity index is 708. The van der Waals surface area contributed by atoms with Crippen molar-refractivity contribution in [3.05, 3.63) is 40.8 Å². The van der Waals surface area contributed by atoms with Crippen molar-refractivity contribution in [2.75, 3.05) is 17.0 Å². The van der Waals surface area contributed by atoms with Crippen LogP contribution in [0.2, 0.25) is 5.02 Å². The lowest BCUT2D eigenvalue weighted by Gasteiger charge is -2.28. The van der Waals surface area contributed by atoms with Crippen LogP contribution in [-0.2, 0) is 0 Å². The lowest BCUT2D eigenvalue weighted by molar-refractivity contribution is 0.0984. The van der Waals surface area contributed by atoms with E-state index in [0.29, 0.717) is 15.7 Å². The number of thioether (sulfide) groups is 2. The number of aromatic nitrogens is 2. The van der Waals surface area contributed by atoms with Crippen molar-refractivity contribution in [1.82, 2.24) is 9.97 Å². The predicted molar refractivity (Wildman–Crippen MR) is 82.8 cm³/mol. The van der Waals surface area contributed by atoms with Gasteiger partial charge < -0.3 is 0 Å². The molecule has 0 bridgehead atoms. The number of anilines is 1. The Hall–Kier alpha value is -1.31. The summed E-state index contributed by atoms with van der Waals surface area (Å²) in [5, 5.41) is 1.42.